The van der Waals surface area contributed by atoms with Gasteiger partial charge < -0.3 is 15.2 Å². The lowest BCUT2D eigenvalue weighted by Gasteiger charge is -2.27. The lowest BCUT2D eigenvalue weighted by molar-refractivity contribution is -0.185. The highest BCUT2D eigenvalue weighted by molar-refractivity contribution is 5.79. The van der Waals surface area contributed by atoms with Crippen molar-refractivity contribution in [1.29, 1.82) is 0 Å². The molecule has 0 unspecified atom stereocenters. The molecular weight excluding hydrogens is 323 g/mol. The number of nitrogens with one attached hydrogen (secondary N) is 1. The minimum atomic E-state index is -4.62. The molecule has 0 heterocycles. The molecule has 0 aromatic heterocycles. The number of unbranched alkanes of at least 4 members (excludes halogenated alkanes) is 1. The second-order valence-corrected chi connectivity index (χ2v) is 5.66. The first kappa shape index (κ1) is 20.4. The lowest BCUT2D eigenvalue weighted by Crippen LogP contribution is -2.48. The highest BCUT2D eigenvalue weighted by atomic mass is 19.4. The molecular formula is C17H24F3NO3. The second kappa shape index (κ2) is 9.64. The number of carbonyl (C=O) groups is 1. The summed E-state index contributed by atoms with van der Waals surface area (Å²) >= 11 is 0. The van der Waals surface area contributed by atoms with Crippen LogP contribution < -0.4 is 5.32 Å². The van der Waals surface area contributed by atoms with E-state index < -0.39 is 30.1 Å². The number of alkyl halides is 3. The average molecular weight is 347 g/mol. The van der Waals surface area contributed by atoms with E-state index in [0.717, 1.165) is 0 Å². The zero-order chi connectivity index (χ0) is 18.2. The van der Waals surface area contributed by atoms with E-state index in [-0.39, 0.29) is 13.0 Å². The van der Waals surface area contributed by atoms with Crippen molar-refractivity contribution < 1.29 is 27.8 Å². The van der Waals surface area contributed by atoms with Gasteiger partial charge in [-0.05, 0) is 12.0 Å². The molecule has 136 valence electrons. The van der Waals surface area contributed by atoms with Crippen LogP contribution in [0.15, 0.2) is 30.3 Å². The molecule has 0 fully saturated rings. The van der Waals surface area contributed by atoms with Crippen LogP contribution in [0.4, 0.5) is 13.2 Å². The van der Waals surface area contributed by atoms with Crippen molar-refractivity contribution in [3.05, 3.63) is 35.9 Å². The van der Waals surface area contributed by atoms with Gasteiger partial charge in [0.15, 0.2) is 0 Å². The van der Waals surface area contributed by atoms with Crippen LogP contribution in [0.1, 0.15) is 37.9 Å². The van der Waals surface area contributed by atoms with E-state index in [2.05, 4.69) is 5.32 Å². The van der Waals surface area contributed by atoms with Gasteiger partial charge in [-0.2, -0.15) is 13.2 Å². The van der Waals surface area contributed by atoms with Crippen molar-refractivity contribution in [3.63, 3.8) is 0 Å². The average Bonchev–Trinajstić information content (AvgIpc) is 2.53. The van der Waals surface area contributed by atoms with Crippen LogP contribution >= 0.6 is 0 Å². The van der Waals surface area contributed by atoms with Gasteiger partial charge in [-0.3, -0.25) is 4.79 Å². The summed E-state index contributed by atoms with van der Waals surface area (Å²) in [4.78, 5) is 12.1. The van der Waals surface area contributed by atoms with Gasteiger partial charge in [0.05, 0.1) is 12.6 Å². The number of methoxy groups -OCH3 is 1. The molecule has 1 aromatic rings. The molecule has 2 N–H and O–H groups in total. The summed E-state index contributed by atoms with van der Waals surface area (Å²) < 4.78 is 44.2. The molecule has 0 bridgehead atoms. The summed E-state index contributed by atoms with van der Waals surface area (Å²) in [5.74, 6) is -3.22. The Morgan fingerprint density at radius 2 is 1.92 bits per heavy atom. The molecule has 1 aromatic carbocycles. The second-order valence-electron chi connectivity index (χ2n) is 5.66. The summed E-state index contributed by atoms with van der Waals surface area (Å²) in [6, 6.07) is 7.46. The zero-order valence-electron chi connectivity index (χ0n) is 13.8. The Morgan fingerprint density at radius 1 is 1.29 bits per heavy atom. The standard InChI is InChI=1S/C17H24F3NO3/c1-3-4-10-13(17(18,19)20)16(23)21-14(11-24-2)15(22)12-8-6-5-7-9-12/h5-9,13-15,22H,3-4,10-11H2,1-2H3,(H,21,23)/t13-,14+,15+/m1/s1. The van der Waals surface area contributed by atoms with E-state index in [1.807, 2.05) is 0 Å². The van der Waals surface area contributed by atoms with Crippen LogP contribution in [0.5, 0.6) is 0 Å². The molecule has 3 atom stereocenters. The topological polar surface area (TPSA) is 58.6 Å². The van der Waals surface area contributed by atoms with E-state index in [1.54, 1.807) is 37.3 Å². The van der Waals surface area contributed by atoms with E-state index >= 15 is 0 Å². The fraction of sp³-hybridized carbons (Fsp3) is 0.588. The van der Waals surface area contributed by atoms with Crippen LogP contribution in [-0.4, -0.2) is 36.9 Å². The first-order chi connectivity index (χ1) is 11.3. The van der Waals surface area contributed by atoms with Gasteiger partial charge in [-0.1, -0.05) is 50.1 Å². The Kier molecular flexibility index (Phi) is 8.21. The van der Waals surface area contributed by atoms with Crippen LogP contribution in [0.2, 0.25) is 0 Å². The molecule has 0 spiro atoms. The number of hydrogen-bond acceptors (Lipinski definition) is 3. The maximum absolute atomic E-state index is 13.1. The van der Waals surface area contributed by atoms with Gasteiger partial charge in [0, 0.05) is 7.11 Å². The van der Waals surface area contributed by atoms with E-state index in [9.17, 15) is 23.1 Å². The van der Waals surface area contributed by atoms with E-state index in [0.29, 0.717) is 18.4 Å². The number of aliphatic hydroxyl groups is 1. The Labute approximate surface area is 140 Å². The van der Waals surface area contributed by atoms with Crippen LogP contribution in [0, 0.1) is 5.92 Å². The lowest BCUT2D eigenvalue weighted by atomic mass is 9.98. The first-order valence-electron chi connectivity index (χ1n) is 7.90. The van der Waals surface area contributed by atoms with Gasteiger partial charge in [0.1, 0.15) is 12.0 Å². The normalized spacial score (nSPS) is 15.6. The first-order valence-corrected chi connectivity index (χ1v) is 7.90. The fourth-order valence-electron chi connectivity index (χ4n) is 2.41. The largest absolute Gasteiger partial charge is 0.400 e. The van der Waals surface area contributed by atoms with Gasteiger partial charge >= 0.3 is 6.18 Å². The number of hydrogen-bond donors (Lipinski definition) is 2. The minimum Gasteiger partial charge on any atom is -0.386 e. The minimum absolute atomic E-state index is 0.0971. The molecule has 0 radical (unpaired) electrons. The van der Waals surface area contributed by atoms with Crippen LogP contribution in [0.25, 0.3) is 0 Å². The molecule has 0 saturated heterocycles. The number of ether oxygens (including phenoxy) is 1. The SMILES string of the molecule is CCCC[C@H](C(=O)N[C@@H](COC)[C@@H](O)c1ccccc1)C(F)(F)F. The zero-order valence-corrected chi connectivity index (χ0v) is 13.8. The third-order valence-corrected chi connectivity index (χ3v) is 3.75. The van der Waals surface area contributed by atoms with Gasteiger partial charge in [-0.25, -0.2) is 0 Å². The number of carbonyl (C=O) groups excluding carboxylic acids is 1. The summed E-state index contributed by atoms with van der Waals surface area (Å²) in [5, 5.41) is 12.6. The summed E-state index contributed by atoms with van der Waals surface area (Å²) in [5.41, 5.74) is 0.497. The number of amides is 1. The quantitative estimate of drug-likeness (QED) is 0.721. The molecule has 1 amide bonds. The predicted octanol–water partition coefficient (Wildman–Crippen LogP) is 3.22. The predicted molar refractivity (Wildman–Crippen MR) is 84.3 cm³/mol. The Hall–Kier alpha value is -1.60. The molecule has 0 aliphatic carbocycles. The third kappa shape index (κ3) is 6.13. The summed E-state index contributed by atoms with van der Waals surface area (Å²) in [7, 11) is 1.36. The van der Waals surface area contributed by atoms with Gasteiger partial charge in [0.2, 0.25) is 5.91 Å². The maximum atomic E-state index is 13.1. The molecule has 0 saturated carbocycles. The smallest absolute Gasteiger partial charge is 0.386 e. The fourth-order valence-corrected chi connectivity index (χ4v) is 2.41. The van der Waals surface area contributed by atoms with Crippen LogP contribution in [-0.2, 0) is 9.53 Å². The van der Waals surface area contributed by atoms with E-state index in [1.165, 1.54) is 7.11 Å². The van der Waals surface area contributed by atoms with Crippen molar-refractivity contribution >= 4 is 5.91 Å². The summed E-state index contributed by atoms with van der Waals surface area (Å²) in [6.45, 7) is 1.67. The van der Waals surface area contributed by atoms with Crippen molar-refractivity contribution in [2.45, 2.75) is 44.5 Å². The number of halogens is 3. The molecule has 0 aliphatic heterocycles. The maximum Gasteiger partial charge on any atom is 0.400 e. The van der Waals surface area contributed by atoms with Crippen LogP contribution in [0.3, 0.4) is 0 Å². The molecule has 4 nitrogen and oxygen atoms in total. The third-order valence-electron chi connectivity index (χ3n) is 3.75. The monoisotopic (exact) mass is 347 g/mol. The Bertz CT molecular complexity index is 494. The van der Waals surface area contributed by atoms with Gasteiger partial charge in [-0.15, -0.1) is 0 Å². The van der Waals surface area contributed by atoms with Crippen molar-refractivity contribution in [1.82, 2.24) is 5.32 Å². The number of rotatable bonds is 9. The highest BCUT2D eigenvalue weighted by Crippen LogP contribution is 2.31. The molecule has 1 rings (SSSR count). The summed E-state index contributed by atoms with van der Waals surface area (Å²) in [6.07, 6.45) is -5.18. The van der Waals surface area contributed by atoms with Crippen molar-refractivity contribution in [2.75, 3.05) is 13.7 Å². The molecule has 7 heteroatoms. The number of aliphatic hydroxyl groups excluding tert-OH is 1. The number of benzene rings is 1. The molecule has 24 heavy (non-hydrogen) atoms. The Balaban J connectivity index is 2.87. The Morgan fingerprint density at radius 3 is 2.42 bits per heavy atom. The molecule has 0 aliphatic rings. The van der Waals surface area contributed by atoms with E-state index in [4.69, 9.17) is 4.74 Å². The van der Waals surface area contributed by atoms with Crippen molar-refractivity contribution in [2.24, 2.45) is 5.92 Å². The van der Waals surface area contributed by atoms with Crippen molar-refractivity contribution in [3.8, 4) is 0 Å². The van der Waals surface area contributed by atoms with Gasteiger partial charge in [0.25, 0.3) is 0 Å². The highest BCUT2D eigenvalue weighted by Gasteiger charge is 2.44.